The molecule has 84 valence electrons. The average Bonchev–Trinajstić information content (AvgIpc) is 2.63. The quantitative estimate of drug-likeness (QED) is 0.840. The van der Waals surface area contributed by atoms with Crippen LogP contribution >= 0.6 is 11.6 Å². The van der Waals surface area contributed by atoms with E-state index in [0.717, 1.165) is 0 Å². The highest BCUT2D eigenvalue weighted by atomic mass is 35.5. The lowest BCUT2D eigenvalue weighted by Crippen LogP contribution is -2.03. The fourth-order valence-electron chi connectivity index (χ4n) is 1.74. The van der Waals surface area contributed by atoms with Gasteiger partial charge in [-0.15, -0.1) is 0 Å². The van der Waals surface area contributed by atoms with Gasteiger partial charge >= 0.3 is 0 Å². The van der Waals surface area contributed by atoms with Gasteiger partial charge in [-0.25, -0.2) is 4.39 Å². The van der Waals surface area contributed by atoms with Crippen molar-refractivity contribution in [2.24, 2.45) is 0 Å². The van der Waals surface area contributed by atoms with Crippen LogP contribution in [0.4, 0.5) is 4.39 Å². The van der Waals surface area contributed by atoms with Gasteiger partial charge in [-0.1, -0.05) is 11.6 Å². The highest BCUT2D eigenvalue weighted by Gasteiger charge is 2.12. The second kappa shape index (κ2) is 4.14. The van der Waals surface area contributed by atoms with Crippen LogP contribution < -0.4 is 0 Å². The van der Waals surface area contributed by atoms with Crippen LogP contribution in [0.25, 0.3) is 10.9 Å². The number of phenolic OH excluding ortho intramolecular Hbond substituents is 1. The van der Waals surface area contributed by atoms with Crippen LogP contribution in [0.1, 0.15) is 10.5 Å². The molecule has 0 aliphatic carbocycles. The molecule has 0 spiro atoms. The van der Waals surface area contributed by atoms with Gasteiger partial charge in [-0.05, 0) is 18.2 Å². The first-order valence-electron chi connectivity index (χ1n) is 4.71. The molecule has 0 saturated heterocycles. The number of phenols is 1. The first kappa shape index (κ1) is 11.0. The van der Waals surface area contributed by atoms with Crippen LogP contribution in [0.5, 0.6) is 5.75 Å². The summed E-state index contributed by atoms with van der Waals surface area (Å²) in [4.78, 5) is 10.8. The van der Waals surface area contributed by atoms with Gasteiger partial charge < -0.3 is 9.67 Å². The Kier molecular flexibility index (Phi) is 2.83. The highest BCUT2D eigenvalue weighted by Crippen LogP contribution is 2.33. The van der Waals surface area contributed by atoms with Crippen LogP contribution in [-0.2, 0) is 6.54 Å². The van der Waals surface area contributed by atoms with Gasteiger partial charge in [0.2, 0.25) is 0 Å². The minimum Gasteiger partial charge on any atom is -0.506 e. The van der Waals surface area contributed by atoms with Crippen molar-refractivity contribution in [1.82, 2.24) is 4.57 Å². The molecule has 0 saturated carbocycles. The maximum absolute atomic E-state index is 12.4. The monoisotopic (exact) mass is 241 g/mol. The summed E-state index contributed by atoms with van der Waals surface area (Å²) in [6, 6.07) is 4.58. The van der Waals surface area contributed by atoms with Gasteiger partial charge in [0.1, 0.15) is 12.4 Å². The lowest BCUT2D eigenvalue weighted by atomic mass is 10.2. The number of alkyl halides is 1. The van der Waals surface area contributed by atoms with Crippen molar-refractivity contribution in [2.45, 2.75) is 6.54 Å². The zero-order valence-corrected chi connectivity index (χ0v) is 9.04. The molecule has 2 rings (SSSR count). The van der Waals surface area contributed by atoms with E-state index in [-0.39, 0.29) is 17.3 Å². The smallest absolute Gasteiger partial charge is 0.166 e. The predicted octanol–water partition coefficient (Wildman–Crippen LogP) is 2.78. The molecule has 1 aromatic carbocycles. The molecule has 1 heterocycles. The van der Waals surface area contributed by atoms with Gasteiger partial charge in [0.05, 0.1) is 22.8 Å². The number of rotatable bonds is 3. The van der Waals surface area contributed by atoms with E-state index < -0.39 is 6.67 Å². The molecule has 1 aromatic heterocycles. The average molecular weight is 242 g/mol. The number of aromatic nitrogens is 1. The van der Waals surface area contributed by atoms with E-state index in [2.05, 4.69) is 0 Å². The van der Waals surface area contributed by atoms with Crippen molar-refractivity contribution in [2.75, 3.05) is 6.67 Å². The van der Waals surface area contributed by atoms with Crippen LogP contribution in [0, 0.1) is 0 Å². The van der Waals surface area contributed by atoms with E-state index in [9.17, 15) is 14.3 Å². The number of carbonyl (C=O) groups excluding carboxylic acids is 1. The molecule has 2 aromatic rings. The zero-order chi connectivity index (χ0) is 11.7. The second-order valence-electron chi connectivity index (χ2n) is 3.36. The van der Waals surface area contributed by atoms with Crippen molar-refractivity contribution < 1.29 is 14.3 Å². The van der Waals surface area contributed by atoms with E-state index in [1.54, 1.807) is 12.1 Å². The van der Waals surface area contributed by atoms with Crippen LogP contribution in [0.15, 0.2) is 18.2 Å². The SMILES string of the molecule is O=Cc1cc2c(Cl)c(O)ccc2n1CCF. The number of benzene rings is 1. The van der Waals surface area contributed by atoms with Gasteiger partial charge in [-0.2, -0.15) is 0 Å². The molecule has 0 amide bonds. The Morgan fingerprint density at radius 3 is 2.88 bits per heavy atom. The van der Waals surface area contributed by atoms with Crippen LogP contribution in [0.2, 0.25) is 5.02 Å². The molecular weight excluding hydrogens is 233 g/mol. The maximum Gasteiger partial charge on any atom is 0.166 e. The van der Waals surface area contributed by atoms with E-state index >= 15 is 0 Å². The molecule has 0 fully saturated rings. The number of nitrogens with zero attached hydrogens (tertiary/aromatic N) is 1. The first-order chi connectivity index (χ1) is 7.69. The summed E-state index contributed by atoms with van der Waals surface area (Å²) < 4.78 is 13.9. The third kappa shape index (κ3) is 1.55. The van der Waals surface area contributed by atoms with Crippen molar-refractivity contribution in [3.8, 4) is 5.75 Å². The fourth-order valence-corrected chi connectivity index (χ4v) is 1.95. The van der Waals surface area contributed by atoms with Crippen LogP contribution in [-0.4, -0.2) is 22.6 Å². The predicted molar refractivity (Wildman–Crippen MR) is 60.0 cm³/mol. The number of hydrogen-bond acceptors (Lipinski definition) is 2. The van der Waals surface area contributed by atoms with Crippen molar-refractivity contribution in [1.29, 1.82) is 0 Å². The first-order valence-corrected chi connectivity index (χ1v) is 5.08. The Hall–Kier alpha value is -1.55. The van der Waals surface area contributed by atoms with Gasteiger partial charge in [0, 0.05) is 5.39 Å². The van der Waals surface area contributed by atoms with Crippen molar-refractivity contribution in [3.05, 3.63) is 28.9 Å². The number of fused-ring (bicyclic) bond motifs is 1. The normalized spacial score (nSPS) is 10.9. The highest BCUT2D eigenvalue weighted by molar-refractivity contribution is 6.37. The molecule has 1 N–H and O–H groups in total. The third-order valence-corrected chi connectivity index (χ3v) is 2.86. The minimum absolute atomic E-state index is 0.0518. The molecule has 0 unspecified atom stereocenters. The summed E-state index contributed by atoms with van der Waals surface area (Å²) in [5, 5.41) is 10.1. The molecule has 0 radical (unpaired) electrons. The summed E-state index contributed by atoms with van der Waals surface area (Å²) in [6.45, 7) is -0.470. The van der Waals surface area contributed by atoms with Gasteiger partial charge in [0.15, 0.2) is 6.29 Å². The largest absolute Gasteiger partial charge is 0.506 e. The number of halogens is 2. The standard InChI is InChI=1S/C11H9ClFNO2/c12-11-8-5-7(6-15)14(4-3-13)9(8)1-2-10(11)16/h1-2,5-6,16H,3-4H2. The molecule has 0 atom stereocenters. The topological polar surface area (TPSA) is 42.2 Å². The molecule has 5 heteroatoms. The maximum atomic E-state index is 12.4. The molecular formula is C11H9ClFNO2. The summed E-state index contributed by atoms with van der Waals surface area (Å²) in [5.41, 5.74) is 0.989. The zero-order valence-electron chi connectivity index (χ0n) is 8.28. The molecule has 0 bridgehead atoms. The Labute approximate surface area is 96.1 Å². The molecule has 0 aliphatic rings. The van der Waals surface area contributed by atoms with Crippen molar-refractivity contribution in [3.63, 3.8) is 0 Å². The number of hydrogen-bond donors (Lipinski definition) is 1. The summed E-state index contributed by atoms with van der Waals surface area (Å²) in [6.07, 6.45) is 0.642. The summed E-state index contributed by atoms with van der Waals surface area (Å²) in [5.74, 6) is -0.0518. The van der Waals surface area contributed by atoms with E-state index in [0.29, 0.717) is 22.9 Å². The number of aryl methyl sites for hydroxylation is 1. The Morgan fingerprint density at radius 2 is 2.25 bits per heavy atom. The van der Waals surface area contributed by atoms with E-state index in [1.165, 1.54) is 10.6 Å². The minimum atomic E-state index is -0.566. The van der Waals surface area contributed by atoms with Crippen LogP contribution in [0.3, 0.4) is 0 Å². The number of carbonyl (C=O) groups is 1. The Morgan fingerprint density at radius 1 is 1.50 bits per heavy atom. The third-order valence-electron chi connectivity index (χ3n) is 2.46. The lowest BCUT2D eigenvalue weighted by molar-refractivity contribution is 0.111. The van der Waals surface area contributed by atoms with E-state index in [1.807, 2.05) is 0 Å². The second-order valence-corrected chi connectivity index (χ2v) is 3.74. The number of aldehydes is 1. The van der Waals surface area contributed by atoms with Gasteiger partial charge in [-0.3, -0.25) is 4.79 Å². The van der Waals surface area contributed by atoms with Gasteiger partial charge in [0.25, 0.3) is 0 Å². The van der Waals surface area contributed by atoms with Crippen molar-refractivity contribution >= 4 is 28.8 Å². The summed E-state index contributed by atoms with van der Waals surface area (Å²) in [7, 11) is 0. The fraction of sp³-hybridized carbons (Fsp3) is 0.182. The summed E-state index contributed by atoms with van der Waals surface area (Å²) >= 11 is 5.90. The lowest BCUT2D eigenvalue weighted by Gasteiger charge is -2.04. The Bertz CT molecular complexity index is 550. The molecule has 16 heavy (non-hydrogen) atoms. The van der Waals surface area contributed by atoms with E-state index in [4.69, 9.17) is 11.6 Å². The Balaban J connectivity index is 2.77. The number of aromatic hydroxyl groups is 1. The molecule has 0 aliphatic heterocycles. The molecule has 3 nitrogen and oxygen atoms in total.